The van der Waals surface area contributed by atoms with Gasteiger partial charge in [-0.3, -0.25) is 0 Å². The number of benzene rings is 1. The SMILES string of the molecule is Cl.Cl.[CH2]=[Ti]([O]c1c(C)c(C)c(C)c(C(C)(C)C)c1[SiH3])[C]1=C(C(C)(C)C)C=CC1. The van der Waals surface area contributed by atoms with Gasteiger partial charge in [0.25, 0.3) is 0 Å². The van der Waals surface area contributed by atoms with Crippen LogP contribution >= 0.6 is 24.8 Å². The Kier molecular flexibility index (Phi) is 9.75. The van der Waals surface area contributed by atoms with E-state index in [0.29, 0.717) is 0 Å². The van der Waals surface area contributed by atoms with Crippen molar-refractivity contribution in [2.24, 2.45) is 5.41 Å². The predicted molar refractivity (Wildman–Crippen MR) is 131 cm³/mol. The van der Waals surface area contributed by atoms with E-state index in [1.807, 2.05) is 0 Å². The van der Waals surface area contributed by atoms with Crippen LogP contribution in [0.5, 0.6) is 5.75 Å². The van der Waals surface area contributed by atoms with Crippen LogP contribution in [0, 0.1) is 26.2 Å². The summed E-state index contributed by atoms with van der Waals surface area (Å²) in [5.74, 6) is 1.15. The molecule has 0 aromatic heterocycles. The minimum atomic E-state index is -2.03. The average molecular weight is 477 g/mol. The van der Waals surface area contributed by atoms with Crippen LogP contribution in [0.15, 0.2) is 21.6 Å². The summed E-state index contributed by atoms with van der Waals surface area (Å²) in [6, 6.07) is 0. The molecule has 0 fully saturated rings. The fourth-order valence-corrected chi connectivity index (χ4v) is 8.95. The molecule has 0 bridgehead atoms. The van der Waals surface area contributed by atoms with Gasteiger partial charge in [-0.05, 0) is 0 Å². The first-order valence-corrected chi connectivity index (χ1v) is 13.2. The van der Waals surface area contributed by atoms with Crippen molar-refractivity contribution in [3.63, 3.8) is 0 Å². The third-order valence-electron chi connectivity index (χ3n) is 5.61. The van der Waals surface area contributed by atoms with Gasteiger partial charge >= 0.3 is 171 Å². The number of hydrogen-bond donors (Lipinski definition) is 0. The van der Waals surface area contributed by atoms with Crippen LogP contribution in [0.3, 0.4) is 0 Å². The Morgan fingerprint density at radius 3 is 1.93 bits per heavy atom. The molecule has 0 unspecified atom stereocenters. The van der Waals surface area contributed by atoms with Crippen molar-refractivity contribution in [3.8, 4) is 5.75 Å². The number of rotatable bonds is 3. The van der Waals surface area contributed by atoms with Crippen LogP contribution in [0.4, 0.5) is 0 Å². The first-order chi connectivity index (χ1) is 11.8. The summed E-state index contributed by atoms with van der Waals surface area (Å²) in [4.78, 5) is 4.57. The summed E-state index contributed by atoms with van der Waals surface area (Å²) in [7, 11) is 1.00. The number of hydrogen-bond acceptors (Lipinski definition) is 1. The van der Waals surface area contributed by atoms with E-state index in [1.54, 1.807) is 0 Å². The summed E-state index contributed by atoms with van der Waals surface area (Å²) in [6.07, 6.45) is 5.61. The Morgan fingerprint density at radius 2 is 1.46 bits per heavy atom. The molecule has 0 heterocycles. The maximum absolute atomic E-state index is 6.75. The summed E-state index contributed by atoms with van der Waals surface area (Å²) in [6.45, 7) is 20.6. The fraction of sp³-hybridized carbons (Fsp3) is 0.522. The first kappa shape index (κ1) is 27.9. The molecule has 2 rings (SSSR count). The van der Waals surface area contributed by atoms with Crippen LogP contribution in [-0.2, 0) is 23.2 Å². The zero-order valence-corrected chi connectivity index (χ0v) is 24.5. The second-order valence-electron chi connectivity index (χ2n) is 9.73. The minimum absolute atomic E-state index is 0. The van der Waals surface area contributed by atoms with Gasteiger partial charge in [-0.25, -0.2) is 0 Å². The summed E-state index contributed by atoms with van der Waals surface area (Å²) >= 11 is -2.03. The molecule has 1 aliphatic rings. The standard InChI is InChI=1S/C13H22OSi.C9H13.CH2.2ClH.Ti/c1-7-8(2)10(13(4,5)6)12(15)11(14)9(7)3;1-9(2,3)8-6-4-5-7-8;;;;/h14H,1-6,15H3;4,6H,5H2,1-3H3;1H2;2*1H;/q;;;;;+1/p-1. The van der Waals surface area contributed by atoms with Crippen LogP contribution in [0.1, 0.15) is 70.2 Å². The van der Waals surface area contributed by atoms with E-state index >= 15 is 0 Å². The second kappa shape index (κ2) is 9.79. The molecule has 5 heteroatoms. The van der Waals surface area contributed by atoms with Crippen LogP contribution < -0.4 is 8.51 Å². The van der Waals surface area contributed by atoms with Crippen LogP contribution in [0.2, 0.25) is 0 Å². The van der Waals surface area contributed by atoms with Gasteiger partial charge in [0.05, 0.1) is 0 Å². The Balaban J connectivity index is 0.00000364. The normalized spacial score (nSPS) is 14.0. The topological polar surface area (TPSA) is 9.23 Å². The van der Waals surface area contributed by atoms with Crippen LogP contribution in [-0.4, -0.2) is 15.1 Å². The fourth-order valence-electron chi connectivity index (χ4n) is 4.25. The number of allylic oxidation sites excluding steroid dienone is 4. The molecule has 0 spiro atoms. The van der Waals surface area contributed by atoms with Gasteiger partial charge in [0, 0.05) is 0 Å². The van der Waals surface area contributed by atoms with E-state index < -0.39 is 17.8 Å². The summed E-state index contributed by atoms with van der Waals surface area (Å²) in [5.41, 5.74) is 7.39. The van der Waals surface area contributed by atoms with Gasteiger partial charge in [-0.15, -0.1) is 24.8 Å². The van der Waals surface area contributed by atoms with E-state index in [9.17, 15) is 0 Å². The van der Waals surface area contributed by atoms with Gasteiger partial charge in [0.2, 0.25) is 0 Å². The molecule has 0 saturated carbocycles. The van der Waals surface area contributed by atoms with Crippen molar-refractivity contribution in [2.75, 3.05) is 0 Å². The van der Waals surface area contributed by atoms with Crippen molar-refractivity contribution in [1.82, 2.24) is 0 Å². The van der Waals surface area contributed by atoms with Crippen LogP contribution in [0.25, 0.3) is 0 Å². The van der Waals surface area contributed by atoms with E-state index in [2.05, 4.69) is 79.3 Å². The van der Waals surface area contributed by atoms with Gasteiger partial charge < -0.3 is 0 Å². The predicted octanol–water partition coefficient (Wildman–Crippen LogP) is 5.35. The zero-order chi connectivity index (χ0) is 20.0. The molecule has 0 amide bonds. The first-order valence-electron chi connectivity index (χ1n) is 9.65. The van der Waals surface area contributed by atoms with E-state index in [1.165, 1.54) is 36.9 Å². The average Bonchev–Trinajstić information content (AvgIpc) is 2.98. The van der Waals surface area contributed by atoms with Gasteiger partial charge in [-0.2, -0.15) is 0 Å². The molecule has 1 aromatic carbocycles. The van der Waals surface area contributed by atoms with Crippen molar-refractivity contribution in [3.05, 3.63) is 43.9 Å². The molecule has 0 atom stereocenters. The van der Waals surface area contributed by atoms with Gasteiger partial charge in [0.1, 0.15) is 0 Å². The second-order valence-corrected chi connectivity index (χ2v) is 13.3. The van der Waals surface area contributed by atoms with E-state index in [0.717, 1.165) is 22.4 Å². The van der Waals surface area contributed by atoms with Gasteiger partial charge in [0.15, 0.2) is 0 Å². The molecular weight excluding hydrogens is 439 g/mol. The molecule has 158 valence electrons. The molecule has 0 radical (unpaired) electrons. The van der Waals surface area contributed by atoms with E-state index in [-0.39, 0.29) is 35.6 Å². The van der Waals surface area contributed by atoms with Crippen molar-refractivity contribution in [2.45, 2.75) is 74.1 Å². The van der Waals surface area contributed by atoms with Crippen molar-refractivity contribution in [1.29, 1.82) is 0 Å². The maximum atomic E-state index is 6.75. The van der Waals surface area contributed by atoms with Crippen molar-refractivity contribution >= 4 is 45.1 Å². The molecular formula is C23H38Cl2OSiTi. The molecule has 1 aromatic rings. The Hall–Kier alpha value is -0.119. The molecule has 28 heavy (non-hydrogen) atoms. The van der Waals surface area contributed by atoms with Gasteiger partial charge in [-0.1, -0.05) is 0 Å². The van der Waals surface area contributed by atoms with E-state index in [4.69, 9.17) is 3.32 Å². The molecule has 0 saturated heterocycles. The quantitative estimate of drug-likeness (QED) is 0.534. The third kappa shape index (κ3) is 5.52. The summed E-state index contributed by atoms with van der Waals surface area (Å²) in [5, 5.41) is 1.44. The Bertz CT molecular complexity index is 825. The summed E-state index contributed by atoms with van der Waals surface area (Å²) < 4.78 is 8.24. The number of halogens is 2. The monoisotopic (exact) mass is 476 g/mol. The molecule has 0 N–H and O–H groups in total. The molecule has 1 aliphatic carbocycles. The third-order valence-corrected chi connectivity index (χ3v) is 9.06. The molecule has 1 nitrogen and oxygen atoms in total. The van der Waals surface area contributed by atoms with Crippen molar-refractivity contribution < 1.29 is 21.1 Å². The Morgan fingerprint density at radius 1 is 0.929 bits per heavy atom. The Labute approximate surface area is 194 Å². The molecule has 0 aliphatic heterocycles. The zero-order valence-electron chi connectivity index (χ0n) is 19.3.